The van der Waals surface area contributed by atoms with E-state index in [0.29, 0.717) is 16.9 Å². The van der Waals surface area contributed by atoms with Crippen LogP contribution in [0.15, 0.2) is 67.5 Å². The number of aromatic amines is 1. The number of aromatic nitrogens is 2. The van der Waals surface area contributed by atoms with Crippen LogP contribution in [0.3, 0.4) is 0 Å². The molecule has 0 aliphatic heterocycles. The number of rotatable bonds is 4. The first-order valence-corrected chi connectivity index (χ1v) is 9.07. The molecule has 4 aromatic rings. The minimum atomic E-state index is 0.371. The van der Waals surface area contributed by atoms with Crippen molar-refractivity contribution >= 4 is 22.3 Å². The number of H-pyrrole nitrogens is 1. The van der Waals surface area contributed by atoms with Crippen molar-refractivity contribution in [1.29, 1.82) is 5.26 Å². The van der Waals surface area contributed by atoms with Gasteiger partial charge in [-0.05, 0) is 41.2 Å². The molecule has 4 nitrogen and oxygen atoms in total. The molecular weight excluding hydrogens is 344 g/mol. The number of hydrogen-bond donors (Lipinski definition) is 2. The van der Waals surface area contributed by atoms with Crippen molar-refractivity contribution in [2.75, 3.05) is 5.73 Å². The summed E-state index contributed by atoms with van der Waals surface area (Å²) in [5.74, 6) is 0. The van der Waals surface area contributed by atoms with E-state index < -0.39 is 0 Å². The van der Waals surface area contributed by atoms with E-state index in [1.165, 1.54) is 17.3 Å². The summed E-state index contributed by atoms with van der Waals surface area (Å²) in [7, 11) is 0. The van der Waals surface area contributed by atoms with Crippen molar-refractivity contribution in [3.63, 3.8) is 0 Å². The third kappa shape index (κ3) is 3.04. The Morgan fingerprint density at radius 3 is 2.64 bits per heavy atom. The Balaban J connectivity index is 1.71. The Morgan fingerprint density at radius 1 is 1.14 bits per heavy atom. The number of nitrogens with one attached hydrogen (secondary N) is 1. The standard InChI is InChI=1S/C24H20N4/c1-15-10-18(11-17-6-4-3-5-7-17)8-9-20(15)16(2)21-14-28-24-22(21)23(26)19(12-25)13-27-24/h3-10,13-14H,2,11H2,1H3,(H3,26,27,28). The van der Waals surface area contributed by atoms with Crippen LogP contribution < -0.4 is 5.73 Å². The largest absolute Gasteiger partial charge is 0.397 e. The molecule has 0 aliphatic carbocycles. The van der Waals surface area contributed by atoms with E-state index in [9.17, 15) is 5.26 Å². The molecule has 2 aromatic heterocycles. The van der Waals surface area contributed by atoms with Crippen LogP contribution in [0.25, 0.3) is 16.6 Å². The van der Waals surface area contributed by atoms with Crippen molar-refractivity contribution < 1.29 is 0 Å². The van der Waals surface area contributed by atoms with Crippen LogP contribution in [-0.4, -0.2) is 9.97 Å². The maximum atomic E-state index is 9.26. The lowest BCUT2D eigenvalue weighted by Gasteiger charge is -2.12. The molecule has 0 amide bonds. The molecule has 0 unspecified atom stereocenters. The van der Waals surface area contributed by atoms with Gasteiger partial charge in [0.15, 0.2) is 0 Å². The first-order chi connectivity index (χ1) is 13.6. The predicted molar refractivity (Wildman–Crippen MR) is 114 cm³/mol. The molecule has 0 bridgehead atoms. The summed E-state index contributed by atoms with van der Waals surface area (Å²) in [6, 6.07) is 19.0. The Bertz CT molecular complexity index is 1230. The van der Waals surface area contributed by atoms with Gasteiger partial charge >= 0.3 is 0 Å². The molecule has 2 aromatic carbocycles. The normalized spacial score (nSPS) is 10.7. The number of nitrogens with zero attached hydrogens (tertiary/aromatic N) is 2. The van der Waals surface area contributed by atoms with Gasteiger partial charge < -0.3 is 10.7 Å². The zero-order valence-corrected chi connectivity index (χ0v) is 15.7. The summed E-state index contributed by atoms with van der Waals surface area (Å²) in [5, 5.41) is 10.0. The zero-order chi connectivity index (χ0) is 19.7. The molecule has 0 saturated heterocycles. The molecule has 28 heavy (non-hydrogen) atoms. The summed E-state index contributed by atoms with van der Waals surface area (Å²) in [6.07, 6.45) is 4.24. The maximum absolute atomic E-state index is 9.26. The highest BCUT2D eigenvalue weighted by molar-refractivity contribution is 6.02. The molecule has 0 spiro atoms. The lowest BCUT2D eigenvalue weighted by atomic mass is 9.92. The molecule has 0 atom stereocenters. The number of aryl methyl sites for hydroxylation is 1. The third-order valence-corrected chi connectivity index (χ3v) is 5.05. The van der Waals surface area contributed by atoms with E-state index in [1.54, 1.807) is 0 Å². The number of fused-ring (bicyclic) bond motifs is 1. The third-order valence-electron chi connectivity index (χ3n) is 5.05. The van der Waals surface area contributed by atoms with Crippen molar-refractivity contribution in [2.24, 2.45) is 0 Å². The van der Waals surface area contributed by atoms with Gasteiger partial charge in [-0.25, -0.2) is 4.98 Å². The molecule has 0 saturated carbocycles. The van der Waals surface area contributed by atoms with Crippen LogP contribution in [0.1, 0.15) is 33.4 Å². The Labute approximate surface area is 164 Å². The summed E-state index contributed by atoms with van der Waals surface area (Å²) in [6.45, 7) is 6.39. The van der Waals surface area contributed by atoms with Crippen molar-refractivity contribution in [3.8, 4) is 6.07 Å². The van der Waals surface area contributed by atoms with Gasteiger partial charge in [-0.2, -0.15) is 5.26 Å². The molecule has 0 radical (unpaired) electrons. The zero-order valence-electron chi connectivity index (χ0n) is 15.7. The van der Waals surface area contributed by atoms with Crippen LogP contribution in [-0.2, 0) is 6.42 Å². The number of nitriles is 1. The molecule has 3 N–H and O–H groups in total. The number of hydrogen-bond acceptors (Lipinski definition) is 3. The Morgan fingerprint density at radius 2 is 1.93 bits per heavy atom. The fourth-order valence-electron chi connectivity index (χ4n) is 3.60. The second-order valence-electron chi connectivity index (χ2n) is 6.91. The first kappa shape index (κ1) is 17.6. The van der Waals surface area contributed by atoms with E-state index in [-0.39, 0.29) is 0 Å². The number of anilines is 1. The molecular formula is C24H20N4. The lowest BCUT2D eigenvalue weighted by Crippen LogP contribution is -1.97. The summed E-state index contributed by atoms with van der Waals surface area (Å²) < 4.78 is 0. The van der Waals surface area contributed by atoms with Crippen LogP contribution in [0.5, 0.6) is 0 Å². The molecule has 136 valence electrons. The lowest BCUT2D eigenvalue weighted by molar-refractivity contribution is 1.18. The van der Waals surface area contributed by atoms with E-state index >= 15 is 0 Å². The van der Waals surface area contributed by atoms with Crippen molar-refractivity contribution in [3.05, 3.63) is 101 Å². The Kier molecular flexibility index (Phi) is 4.42. The fourth-order valence-corrected chi connectivity index (χ4v) is 3.60. The van der Waals surface area contributed by atoms with Gasteiger partial charge in [-0.1, -0.05) is 55.1 Å². The van der Waals surface area contributed by atoms with E-state index in [2.05, 4.69) is 72.0 Å². The van der Waals surface area contributed by atoms with Gasteiger partial charge in [0.25, 0.3) is 0 Å². The van der Waals surface area contributed by atoms with Gasteiger partial charge in [0.1, 0.15) is 11.7 Å². The number of nitrogens with two attached hydrogens (primary N) is 1. The first-order valence-electron chi connectivity index (χ1n) is 9.07. The van der Waals surface area contributed by atoms with Crippen LogP contribution >= 0.6 is 0 Å². The molecule has 2 heterocycles. The van der Waals surface area contributed by atoms with Crippen LogP contribution in [0.2, 0.25) is 0 Å². The summed E-state index contributed by atoms with van der Waals surface area (Å²) >= 11 is 0. The molecule has 0 aliphatic rings. The van der Waals surface area contributed by atoms with E-state index in [1.807, 2.05) is 12.3 Å². The highest BCUT2D eigenvalue weighted by Crippen LogP contribution is 2.34. The predicted octanol–water partition coefficient (Wildman–Crippen LogP) is 4.98. The van der Waals surface area contributed by atoms with Gasteiger partial charge in [-0.15, -0.1) is 0 Å². The van der Waals surface area contributed by atoms with Crippen molar-refractivity contribution in [2.45, 2.75) is 13.3 Å². The monoisotopic (exact) mass is 364 g/mol. The molecule has 0 fully saturated rings. The van der Waals surface area contributed by atoms with Gasteiger partial charge in [0, 0.05) is 18.0 Å². The smallest absolute Gasteiger partial charge is 0.140 e. The SMILES string of the molecule is C=C(c1ccc(Cc2ccccc2)cc1C)c1c[nH]c2ncc(C#N)c(N)c12. The maximum Gasteiger partial charge on any atom is 0.140 e. The minimum Gasteiger partial charge on any atom is -0.397 e. The average molecular weight is 364 g/mol. The second-order valence-corrected chi connectivity index (χ2v) is 6.91. The summed E-state index contributed by atoms with van der Waals surface area (Å²) in [4.78, 5) is 7.43. The van der Waals surface area contributed by atoms with Gasteiger partial charge in [0.2, 0.25) is 0 Å². The number of nitrogen functional groups attached to an aromatic ring is 1. The van der Waals surface area contributed by atoms with E-state index in [4.69, 9.17) is 5.73 Å². The second kappa shape index (κ2) is 7.05. The minimum absolute atomic E-state index is 0.371. The highest BCUT2D eigenvalue weighted by atomic mass is 14.9. The number of benzene rings is 2. The Hall–Kier alpha value is -3.84. The number of pyridine rings is 1. The van der Waals surface area contributed by atoms with E-state index in [0.717, 1.165) is 34.1 Å². The van der Waals surface area contributed by atoms with Crippen LogP contribution in [0.4, 0.5) is 5.69 Å². The average Bonchev–Trinajstić information content (AvgIpc) is 3.14. The quantitative estimate of drug-likeness (QED) is 0.536. The van der Waals surface area contributed by atoms with Gasteiger partial charge in [0.05, 0.1) is 16.6 Å². The summed E-state index contributed by atoms with van der Waals surface area (Å²) in [5.41, 5.74) is 14.2. The van der Waals surface area contributed by atoms with Crippen LogP contribution in [0, 0.1) is 18.3 Å². The topological polar surface area (TPSA) is 78.5 Å². The fraction of sp³-hybridized carbons (Fsp3) is 0.0833. The highest BCUT2D eigenvalue weighted by Gasteiger charge is 2.16. The van der Waals surface area contributed by atoms with Crippen molar-refractivity contribution in [1.82, 2.24) is 9.97 Å². The molecule has 4 heteroatoms. The van der Waals surface area contributed by atoms with Gasteiger partial charge in [-0.3, -0.25) is 0 Å². The molecule has 4 rings (SSSR count).